The molecule has 0 N–H and O–H groups in total. The van der Waals surface area contributed by atoms with Gasteiger partial charge in [-0.25, -0.2) is 0 Å². The maximum Gasteiger partial charge on any atom is 0.150 e. The number of aldehydes is 2. The summed E-state index contributed by atoms with van der Waals surface area (Å²) in [6, 6.07) is 5.57. The average Bonchev–Trinajstić information content (AvgIpc) is 2.56. The average molecular weight is 302 g/mol. The van der Waals surface area contributed by atoms with E-state index in [1.165, 1.54) is 57.8 Å². The van der Waals surface area contributed by atoms with E-state index in [1.807, 2.05) is 12.1 Å². The quantitative estimate of drug-likeness (QED) is 0.342. The van der Waals surface area contributed by atoms with Crippen molar-refractivity contribution in [3.63, 3.8) is 0 Å². The summed E-state index contributed by atoms with van der Waals surface area (Å²) in [5, 5.41) is 0. The van der Waals surface area contributed by atoms with Crippen LogP contribution in [0.5, 0.6) is 0 Å². The molecule has 0 aliphatic rings. The Bertz CT molecular complexity index is 437. The summed E-state index contributed by atoms with van der Waals surface area (Å²) in [5.41, 5.74) is 2.16. The molecule has 0 bridgehead atoms. The predicted molar refractivity (Wildman–Crippen MR) is 92.8 cm³/mol. The van der Waals surface area contributed by atoms with Crippen molar-refractivity contribution in [1.29, 1.82) is 0 Å². The number of hydrogen-bond donors (Lipinski definition) is 0. The largest absolute Gasteiger partial charge is 0.298 e. The molecule has 0 saturated heterocycles. The molecule has 0 unspecified atom stereocenters. The van der Waals surface area contributed by atoms with Gasteiger partial charge < -0.3 is 0 Å². The molecule has 0 radical (unpaired) electrons. The van der Waals surface area contributed by atoms with Crippen molar-refractivity contribution in [1.82, 2.24) is 0 Å². The molecule has 0 spiro atoms. The number of unbranched alkanes of at least 4 members (excludes halogenated alkanes) is 9. The first-order valence-electron chi connectivity index (χ1n) is 8.85. The van der Waals surface area contributed by atoms with Crippen LogP contribution in [0.1, 0.15) is 97.4 Å². The van der Waals surface area contributed by atoms with E-state index < -0.39 is 0 Å². The molecule has 0 aliphatic carbocycles. The molecule has 0 aliphatic heterocycles. The number of rotatable bonds is 13. The van der Waals surface area contributed by atoms with Gasteiger partial charge in [0, 0.05) is 11.1 Å². The van der Waals surface area contributed by atoms with E-state index >= 15 is 0 Å². The van der Waals surface area contributed by atoms with Gasteiger partial charge in [-0.05, 0) is 24.5 Å². The molecule has 1 aromatic carbocycles. The lowest BCUT2D eigenvalue weighted by Gasteiger charge is -2.05. The Morgan fingerprint density at radius 1 is 0.727 bits per heavy atom. The first-order chi connectivity index (χ1) is 10.8. The van der Waals surface area contributed by atoms with Crippen LogP contribution in [0, 0.1) is 0 Å². The van der Waals surface area contributed by atoms with Crippen molar-refractivity contribution >= 4 is 12.6 Å². The van der Waals surface area contributed by atoms with Crippen molar-refractivity contribution in [2.45, 2.75) is 77.6 Å². The second-order valence-electron chi connectivity index (χ2n) is 6.13. The first-order valence-corrected chi connectivity index (χ1v) is 8.85. The van der Waals surface area contributed by atoms with Gasteiger partial charge in [-0.2, -0.15) is 0 Å². The van der Waals surface area contributed by atoms with Crippen LogP contribution in [0.3, 0.4) is 0 Å². The second-order valence-corrected chi connectivity index (χ2v) is 6.13. The van der Waals surface area contributed by atoms with Crippen LogP contribution in [0.15, 0.2) is 18.2 Å². The Morgan fingerprint density at radius 3 is 1.82 bits per heavy atom. The molecule has 122 valence electrons. The maximum absolute atomic E-state index is 10.9. The summed E-state index contributed by atoms with van der Waals surface area (Å²) in [4.78, 5) is 21.7. The molecule has 0 saturated carbocycles. The molecule has 2 nitrogen and oxygen atoms in total. The second kappa shape index (κ2) is 12.1. The number of carbonyl (C=O) groups excluding carboxylic acids is 2. The summed E-state index contributed by atoms with van der Waals surface area (Å²) in [7, 11) is 0. The topological polar surface area (TPSA) is 34.1 Å². The highest BCUT2D eigenvalue weighted by Gasteiger charge is 2.02. The van der Waals surface area contributed by atoms with E-state index in [-0.39, 0.29) is 0 Å². The fraction of sp³-hybridized carbons (Fsp3) is 0.600. The number of aryl methyl sites for hydroxylation is 1. The zero-order valence-corrected chi connectivity index (χ0v) is 14.0. The highest BCUT2D eigenvalue weighted by molar-refractivity contribution is 5.90. The molecule has 0 heterocycles. The van der Waals surface area contributed by atoms with Gasteiger partial charge in [0.15, 0.2) is 12.6 Å². The van der Waals surface area contributed by atoms with E-state index in [0.29, 0.717) is 11.1 Å². The van der Waals surface area contributed by atoms with Crippen LogP contribution in [0.2, 0.25) is 0 Å². The van der Waals surface area contributed by atoms with Crippen molar-refractivity contribution < 1.29 is 9.59 Å². The molecule has 1 rings (SSSR count). The lowest BCUT2D eigenvalue weighted by Crippen LogP contribution is -1.94. The number of carbonyl (C=O) groups is 2. The third kappa shape index (κ3) is 7.53. The van der Waals surface area contributed by atoms with E-state index in [1.54, 1.807) is 6.07 Å². The highest BCUT2D eigenvalue weighted by atomic mass is 16.1. The normalized spacial score (nSPS) is 10.6. The highest BCUT2D eigenvalue weighted by Crippen LogP contribution is 2.14. The molecule has 0 amide bonds. The fourth-order valence-electron chi connectivity index (χ4n) is 2.81. The van der Waals surface area contributed by atoms with Gasteiger partial charge in [0.05, 0.1) is 0 Å². The zero-order valence-electron chi connectivity index (χ0n) is 14.0. The van der Waals surface area contributed by atoms with Crippen LogP contribution in [0.4, 0.5) is 0 Å². The van der Waals surface area contributed by atoms with E-state index in [9.17, 15) is 9.59 Å². The summed E-state index contributed by atoms with van der Waals surface area (Å²) >= 11 is 0. The third-order valence-corrected chi connectivity index (χ3v) is 4.22. The molecule has 0 atom stereocenters. The van der Waals surface area contributed by atoms with Gasteiger partial charge in [0.25, 0.3) is 0 Å². The Hall–Kier alpha value is -1.44. The predicted octanol–water partition coefficient (Wildman–Crippen LogP) is 5.78. The number of hydrogen-bond acceptors (Lipinski definition) is 2. The minimum atomic E-state index is 0.488. The lowest BCUT2D eigenvalue weighted by molar-refractivity contribution is 0.109. The van der Waals surface area contributed by atoms with Gasteiger partial charge in [-0.1, -0.05) is 76.8 Å². The van der Waals surface area contributed by atoms with Crippen molar-refractivity contribution in [3.8, 4) is 0 Å². The van der Waals surface area contributed by atoms with E-state index in [4.69, 9.17) is 0 Å². The van der Waals surface area contributed by atoms with Crippen LogP contribution < -0.4 is 0 Å². The molecule has 1 aromatic rings. The standard InChI is InChI=1S/C20H30O2/c1-2-3-4-5-6-7-8-9-10-11-12-18-13-14-19(16-21)20(15-18)17-22/h13-17H,2-12H2,1H3. The summed E-state index contributed by atoms with van der Waals surface area (Å²) in [5.74, 6) is 0. The summed E-state index contributed by atoms with van der Waals surface area (Å²) in [6.07, 6.45) is 15.8. The van der Waals surface area contributed by atoms with Gasteiger partial charge >= 0.3 is 0 Å². The van der Waals surface area contributed by atoms with Gasteiger partial charge in [0.2, 0.25) is 0 Å². The number of benzene rings is 1. The minimum Gasteiger partial charge on any atom is -0.298 e. The fourth-order valence-corrected chi connectivity index (χ4v) is 2.81. The molecular weight excluding hydrogens is 272 g/mol. The Morgan fingerprint density at radius 2 is 1.27 bits per heavy atom. The SMILES string of the molecule is CCCCCCCCCCCCc1ccc(C=O)c(C=O)c1. The first kappa shape index (κ1) is 18.6. The van der Waals surface area contributed by atoms with Crippen molar-refractivity contribution in [3.05, 3.63) is 34.9 Å². The van der Waals surface area contributed by atoms with E-state index in [2.05, 4.69) is 6.92 Å². The van der Waals surface area contributed by atoms with Crippen LogP contribution >= 0.6 is 0 Å². The zero-order chi connectivity index (χ0) is 16.0. The van der Waals surface area contributed by atoms with Crippen LogP contribution in [-0.2, 0) is 6.42 Å². The van der Waals surface area contributed by atoms with Crippen LogP contribution in [-0.4, -0.2) is 12.6 Å². The molecule has 0 aromatic heterocycles. The van der Waals surface area contributed by atoms with Crippen molar-refractivity contribution in [2.75, 3.05) is 0 Å². The van der Waals surface area contributed by atoms with E-state index in [0.717, 1.165) is 31.0 Å². The molecule has 22 heavy (non-hydrogen) atoms. The van der Waals surface area contributed by atoms with Crippen LogP contribution in [0.25, 0.3) is 0 Å². The molecule has 0 fully saturated rings. The Kier molecular flexibility index (Phi) is 10.3. The smallest absolute Gasteiger partial charge is 0.150 e. The van der Waals surface area contributed by atoms with Gasteiger partial charge in [0.1, 0.15) is 0 Å². The van der Waals surface area contributed by atoms with Gasteiger partial charge in [-0.15, -0.1) is 0 Å². The Balaban J connectivity index is 2.10. The van der Waals surface area contributed by atoms with Gasteiger partial charge in [-0.3, -0.25) is 9.59 Å². The summed E-state index contributed by atoms with van der Waals surface area (Å²) in [6.45, 7) is 2.25. The Labute approximate surface area is 135 Å². The maximum atomic E-state index is 10.9. The third-order valence-electron chi connectivity index (χ3n) is 4.22. The molecular formula is C20H30O2. The van der Waals surface area contributed by atoms with Crippen molar-refractivity contribution in [2.24, 2.45) is 0 Å². The summed E-state index contributed by atoms with van der Waals surface area (Å²) < 4.78 is 0. The lowest BCUT2D eigenvalue weighted by atomic mass is 10.0. The minimum absolute atomic E-state index is 0.488. The monoisotopic (exact) mass is 302 g/mol. The molecule has 2 heteroatoms.